The van der Waals surface area contributed by atoms with E-state index in [-0.39, 0.29) is 0 Å². The van der Waals surface area contributed by atoms with Crippen molar-refractivity contribution in [3.63, 3.8) is 0 Å². The molecule has 2 N–H and O–H groups in total. The lowest BCUT2D eigenvalue weighted by Gasteiger charge is -2.09. The van der Waals surface area contributed by atoms with E-state index in [1.807, 2.05) is 42.5 Å². The van der Waals surface area contributed by atoms with Gasteiger partial charge >= 0.3 is 7.12 Å². The van der Waals surface area contributed by atoms with Gasteiger partial charge < -0.3 is 10.0 Å². The molecule has 0 amide bonds. The summed E-state index contributed by atoms with van der Waals surface area (Å²) in [4.78, 5) is 0. The van der Waals surface area contributed by atoms with Crippen LogP contribution in [0.25, 0.3) is 54.2 Å². The van der Waals surface area contributed by atoms with Gasteiger partial charge in [-0.2, -0.15) is 0 Å². The Morgan fingerprint density at radius 3 is 1.20 bits per heavy atom. The van der Waals surface area contributed by atoms with Crippen molar-refractivity contribution in [3.8, 4) is 11.1 Å². The standard InChI is InChI=1S/C20H13Br.C10H9BO2.C10H6Br2/c21-20-13-17-8-4-3-7-16(17)12-19(20)18-10-9-14-5-1-2-6-15(14)11-18;12-11(13)10-6-5-8-3-1-2-4-9(8)7-10;11-9-5-7-3-1-2-4-8(7)6-10(9)12/h1-13H;1-7,12-13H;1-6H. The highest BCUT2D eigenvalue weighted by atomic mass is 79.9. The Balaban J connectivity index is 0.000000129. The molecule has 8 rings (SSSR count). The summed E-state index contributed by atoms with van der Waals surface area (Å²) in [5.74, 6) is 0. The number of fused-ring (bicyclic) bond motifs is 4. The number of hydrogen-bond donors (Lipinski definition) is 2. The van der Waals surface area contributed by atoms with Gasteiger partial charge in [0.2, 0.25) is 0 Å². The van der Waals surface area contributed by atoms with Gasteiger partial charge in [0, 0.05) is 13.4 Å². The monoisotopic (exact) mass is 788 g/mol. The summed E-state index contributed by atoms with van der Waals surface area (Å²) in [6, 6.07) is 53.7. The van der Waals surface area contributed by atoms with Crippen LogP contribution in [0.5, 0.6) is 0 Å². The molecule has 8 aromatic rings. The Hall–Kier alpha value is -3.78. The lowest BCUT2D eigenvalue weighted by molar-refractivity contribution is 0.426. The summed E-state index contributed by atoms with van der Waals surface area (Å²) in [5.41, 5.74) is 3.00. The molecule has 0 aliphatic carbocycles. The molecule has 0 bridgehead atoms. The Labute approximate surface area is 293 Å². The van der Waals surface area contributed by atoms with Crippen molar-refractivity contribution >= 4 is 103 Å². The smallest absolute Gasteiger partial charge is 0.423 e. The molecule has 0 saturated carbocycles. The zero-order chi connectivity index (χ0) is 32.0. The van der Waals surface area contributed by atoms with Crippen LogP contribution in [-0.4, -0.2) is 17.2 Å². The lowest BCUT2D eigenvalue weighted by atomic mass is 9.79. The normalized spacial score (nSPS) is 10.7. The van der Waals surface area contributed by atoms with Crippen molar-refractivity contribution in [1.82, 2.24) is 0 Å². The second-order valence-corrected chi connectivity index (χ2v) is 13.4. The van der Waals surface area contributed by atoms with E-state index in [0.29, 0.717) is 5.46 Å². The average Bonchev–Trinajstić information content (AvgIpc) is 3.08. The SMILES string of the molecule is Brc1cc2ccccc2cc1-c1ccc2ccccc2c1.Brc1cc2ccccc2cc1Br.OB(O)c1ccc2ccccc2c1. The van der Waals surface area contributed by atoms with Gasteiger partial charge in [-0.3, -0.25) is 0 Å². The van der Waals surface area contributed by atoms with Crippen molar-refractivity contribution in [2.75, 3.05) is 0 Å². The van der Waals surface area contributed by atoms with Crippen molar-refractivity contribution in [2.45, 2.75) is 0 Å². The molecule has 224 valence electrons. The molecular formula is C40H28BBr3O2. The highest BCUT2D eigenvalue weighted by Gasteiger charge is 2.10. The maximum Gasteiger partial charge on any atom is 0.488 e. The van der Waals surface area contributed by atoms with Crippen LogP contribution in [-0.2, 0) is 0 Å². The van der Waals surface area contributed by atoms with Crippen molar-refractivity contribution in [3.05, 3.63) is 171 Å². The molecular weight excluding hydrogens is 763 g/mol. The molecule has 6 heteroatoms. The Bertz CT molecular complexity index is 2260. The zero-order valence-corrected chi connectivity index (χ0v) is 29.4. The second-order valence-electron chi connectivity index (χ2n) is 10.8. The molecule has 46 heavy (non-hydrogen) atoms. The quantitative estimate of drug-likeness (QED) is 0.171. The predicted molar refractivity (Wildman–Crippen MR) is 208 cm³/mol. The van der Waals surface area contributed by atoms with Crippen molar-refractivity contribution < 1.29 is 10.0 Å². The molecule has 2 nitrogen and oxygen atoms in total. The topological polar surface area (TPSA) is 40.5 Å². The first-order valence-electron chi connectivity index (χ1n) is 14.7. The molecule has 8 aromatic carbocycles. The Kier molecular flexibility index (Phi) is 10.3. The highest BCUT2D eigenvalue weighted by Crippen LogP contribution is 2.34. The number of halogens is 3. The van der Waals surface area contributed by atoms with Crippen LogP contribution in [0, 0.1) is 0 Å². The maximum atomic E-state index is 8.94. The van der Waals surface area contributed by atoms with Crippen LogP contribution >= 0.6 is 47.8 Å². The van der Waals surface area contributed by atoms with E-state index < -0.39 is 7.12 Å². The van der Waals surface area contributed by atoms with Gasteiger partial charge in [0.15, 0.2) is 0 Å². The van der Waals surface area contributed by atoms with E-state index in [9.17, 15) is 0 Å². The van der Waals surface area contributed by atoms with Crippen LogP contribution in [0.1, 0.15) is 0 Å². The third-order valence-corrected chi connectivity index (χ3v) is 10.3. The average molecular weight is 791 g/mol. The number of hydrogen-bond acceptors (Lipinski definition) is 2. The first-order chi connectivity index (χ1) is 22.4. The summed E-state index contributed by atoms with van der Waals surface area (Å²) >= 11 is 10.7. The van der Waals surface area contributed by atoms with Crippen LogP contribution in [0.15, 0.2) is 171 Å². The molecule has 0 fully saturated rings. The van der Waals surface area contributed by atoms with Gasteiger partial charge in [-0.1, -0.05) is 143 Å². The third-order valence-electron chi connectivity index (χ3n) is 7.76. The van der Waals surface area contributed by atoms with Crippen LogP contribution in [0.3, 0.4) is 0 Å². The van der Waals surface area contributed by atoms with Gasteiger partial charge in [0.1, 0.15) is 0 Å². The summed E-state index contributed by atoms with van der Waals surface area (Å²) in [6.45, 7) is 0. The van der Waals surface area contributed by atoms with Crippen LogP contribution in [0.2, 0.25) is 0 Å². The van der Waals surface area contributed by atoms with Crippen LogP contribution < -0.4 is 5.46 Å². The third kappa shape index (κ3) is 7.60. The minimum atomic E-state index is -1.38. The fourth-order valence-corrected chi connectivity index (χ4v) is 6.66. The van der Waals surface area contributed by atoms with Crippen LogP contribution in [0.4, 0.5) is 0 Å². The molecule has 0 aliphatic heterocycles. The molecule has 0 saturated heterocycles. The Morgan fingerprint density at radius 1 is 0.348 bits per heavy atom. The fourth-order valence-electron chi connectivity index (χ4n) is 5.34. The summed E-state index contributed by atoms with van der Waals surface area (Å²) < 4.78 is 3.33. The zero-order valence-electron chi connectivity index (χ0n) is 24.6. The molecule has 0 heterocycles. The van der Waals surface area contributed by atoms with E-state index in [1.54, 1.807) is 12.1 Å². The molecule has 0 spiro atoms. The molecule has 0 radical (unpaired) electrons. The fraction of sp³-hybridized carbons (Fsp3) is 0. The molecule has 0 unspecified atom stereocenters. The van der Waals surface area contributed by atoms with Gasteiger partial charge in [-0.25, -0.2) is 0 Å². The van der Waals surface area contributed by atoms with E-state index >= 15 is 0 Å². The maximum absolute atomic E-state index is 8.94. The van der Waals surface area contributed by atoms with E-state index in [1.165, 1.54) is 43.4 Å². The molecule has 0 atom stereocenters. The minimum absolute atomic E-state index is 0.527. The first kappa shape index (κ1) is 32.2. The Morgan fingerprint density at radius 2 is 0.717 bits per heavy atom. The lowest BCUT2D eigenvalue weighted by Crippen LogP contribution is -2.29. The number of rotatable bonds is 2. The van der Waals surface area contributed by atoms with Crippen molar-refractivity contribution in [2.24, 2.45) is 0 Å². The molecule has 0 aliphatic rings. The largest absolute Gasteiger partial charge is 0.488 e. The summed E-state index contributed by atoms with van der Waals surface area (Å²) in [7, 11) is -1.38. The van der Waals surface area contributed by atoms with Gasteiger partial charge in [-0.05, 0) is 122 Å². The van der Waals surface area contributed by atoms with Crippen molar-refractivity contribution in [1.29, 1.82) is 0 Å². The summed E-state index contributed by atoms with van der Waals surface area (Å²) in [5, 5.41) is 27.6. The predicted octanol–water partition coefficient (Wildman–Crippen LogP) is 11.3. The minimum Gasteiger partial charge on any atom is -0.423 e. The van der Waals surface area contributed by atoms with Gasteiger partial charge in [-0.15, -0.1) is 0 Å². The molecule has 0 aromatic heterocycles. The summed E-state index contributed by atoms with van der Waals surface area (Å²) in [6.07, 6.45) is 0. The van der Waals surface area contributed by atoms with Gasteiger partial charge in [0.25, 0.3) is 0 Å². The number of benzene rings is 8. The first-order valence-corrected chi connectivity index (χ1v) is 17.1. The highest BCUT2D eigenvalue weighted by molar-refractivity contribution is 9.13. The second kappa shape index (κ2) is 14.8. The van der Waals surface area contributed by atoms with E-state index in [4.69, 9.17) is 10.0 Å². The van der Waals surface area contributed by atoms with Gasteiger partial charge in [0.05, 0.1) is 0 Å². The van der Waals surface area contributed by atoms with E-state index in [2.05, 4.69) is 151 Å². The van der Waals surface area contributed by atoms with E-state index in [0.717, 1.165) is 24.2 Å².